The Labute approximate surface area is 208 Å². The summed E-state index contributed by atoms with van der Waals surface area (Å²) in [6.45, 7) is 7.28. The number of halogens is 1. The average Bonchev–Trinajstić information content (AvgIpc) is 3.57. The summed E-state index contributed by atoms with van der Waals surface area (Å²) in [6.07, 6.45) is 2.26. The number of hydrogen-bond acceptors (Lipinski definition) is 6. The molecule has 4 aromatic rings. The highest BCUT2D eigenvalue weighted by atomic mass is 19.1. The van der Waals surface area contributed by atoms with Gasteiger partial charge in [-0.2, -0.15) is 0 Å². The number of anilines is 2. The van der Waals surface area contributed by atoms with Crippen molar-refractivity contribution >= 4 is 17.5 Å². The molecule has 0 saturated carbocycles. The molecule has 0 spiro atoms. The molecule has 0 radical (unpaired) electrons. The first-order valence-electron chi connectivity index (χ1n) is 12.2. The van der Waals surface area contributed by atoms with Crippen LogP contribution in [0.5, 0.6) is 0 Å². The normalized spacial score (nSPS) is 17.2. The molecule has 2 aliphatic rings. The molecule has 0 unspecified atom stereocenters. The second-order valence-corrected chi connectivity index (χ2v) is 9.41. The Balaban J connectivity index is 1.36. The first-order valence-corrected chi connectivity index (χ1v) is 12.2. The molecular weight excluding hydrogens is 457 g/mol. The van der Waals surface area contributed by atoms with Gasteiger partial charge in [-0.1, -0.05) is 18.2 Å². The Bertz CT molecular complexity index is 1500. The van der Waals surface area contributed by atoms with Gasteiger partial charge in [0.1, 0.15) is 29.0 Å². The van der Waals surface area contributed by atoms with Gasteiger partial charge in [0.25, 0.3) is 5.91 Å². The second kappa shape index (κ2) is 8.51. The van der Waals surface area contributed by atoms with Crippen molar-refractivity contribution in [2.45, 2.75) is 46.2 Å². The number of nitrogens with zero attached hydrogens (tertiary/aromatic N) is 7. The van der Waals surface area contributed by atoms with E-state index in [1.807, 2.05) is 19.1 Å². The standard InChI is InChI=1S/C27H26FN7O/c1-16-8-7-13-33(16)25-14-19-20(17(2)29-25)15-34(27(19)36)24-12-6-10-22(30-24)26-32-31-18(3)35(26)23-11-5-4-9-21(23)28/h4-6,9-12,14,16H,7-8,13,15H2,1-3H3/t16-/m1/s1. The summed E-state index contributed by atoms with van der Waals surface area (Å²) in [5.41, 5.74) is 3.31. The lowest BCUT2D eigenvalue weighted by atomic mass is 10.1. The molecule has 0 bridgehead atoms. The van der Waals surface area contributed by atoms with Crippen molar-refractivity contribution in [2.75, 3.05) is 16.3 Å². The fraction of sp³-hybridized carbons (Fsp3) is 0.296. The topological polar surface area (TPSA) is 80.0 Å². The number of aromatic nitrogens is 5. The summed E-state index contributed by atoms with van der Waals surface area (Å²) in [4.78, 5) is 27.1. The number of aryl methyl sites for hydroxylation is 2. The van der Waals surface area contributed by atoms with Crippen molar-refractivity contribution in [3.63, 3.8) is 0 Å². The van der Waals surface area contributed by atoms with Gasteiger partial charge in [0.15, 0.2) is 5.82 Å². The number of para-hydroxylation sites is 1. The molecule has 6 rings (SSSR count). The number of carbonyl (C=O) groups excluding carboxylic acids is 1. The van der Waals surface area contributed by atoms with Gasteiger partial charge in [-0.25, -0.2) is 14.4 Å². The van der Waals surface area contributed by atoms with E-state index in [1.165, 1.54) is 6.07 Å². The number of fused-ring (bicyclic) bond motifs is 1. The molecule has 1 aromatic carbocycles. The number of rotatable bonds is 4. The molecule has 0 N–H and O–H groups in total. The van der Waals surface area contributed by atoms with Crippen LogP contribution in [0.4, 0.5) is 16.0 Å². The van der Waals surface area contributed by atoms with Crippen molar-refractivity contribution in [3.05, 3.63) is 77.0 Å². The maximum absolute atomic E-state index is 14.6. The highest BCUT2D eigenvalue weighted by Gasteiger charge is 2.33. The third kappa shape index (κ3) is 3.54. The minimum atomic E-state index is -0.380. The number of carbonyl (C=O) groups is 1. The van der Waals surface area contributed by atoms with Crippen LogP contribution in [0, 0.1) is 19.7 Å². The minimum Gasteiger partial charge on any atom is -0.354 e. The largest absolute Gasteiger partial charge is 0.354 e. The summed E-state index contributed by atoms with van der Waals surface area (Å²) < 4.78 is 16.2. The van der Waals surface area contributed by atoms with Crippen LogP contribution in [0.25, 0.3) is 17.2 Å². The Morgan fingerprint density at radius 1 is 1.00 bits per heavy atom. The third-order valence-electron chi connectivity index (χ3n) is 7.11. The van der Waals surface area contributed by atoms with Crippen molar-refractivity contribution in [1.29, 1.82) is 0 Å². The van der Waals surface area contributed by atoms with Gasteiger partial charge in [0.05, 0.1) is 17.8 Å². The van der Waals surface area contributed by atoms with Crippen LogP contribution < -0.4 is 9.80 Å². The molecular formula is C27H26FN7O. The van der Waals surface area contributed by atoms with Crippen molar-refractivity contribution < 1.29 is 9.18 Å². The number of hydrogen-bond donors (Lipinski definition) is 0. The zero-order valence-corrected chi connectivity index (χ0v) is 20.4. The van der Waals surface area contributed by atoms with Crippen LogP contribution in [0.3, 0.4) is 0 Å². The first-order chi connectivity index (χ1) is 17.4. The van der Waals surface area contributed by atoms with E-state index in [2.05, 4.69) is 22.0 Å². The van der Waals surface area contributed by atoms with Crippen LogP contribution in [0.15, 0.2) is 48.5 Å². The fourth-order valence-electron chi connectivity index (χ4n) is 5.20. The monoisotopic (exact) mass is 483 g/mol. The van der Waals surface area contributed by atoms with Gasteiger partial charge in [-0.05, 0) is 63.9 Å². The van der Waals surface area contributed by atoms with E-state index < -0.39 is 0 Å². The van der Waals surface area contributed by atoms with Crippen LogP contribution in [-0.4, -0.2) is 43.2 Å². The highest BCUT2D eigenvalue weighted by Crippen LogP contribution is 2.34. The van der Waals surface area contributed by atoms with Gasteiger partial charge in [-0.3, -0.25) is 14.3 Å². The van der Waals surface area contributed by atoms with E-state index >= 15 is 0 Å². The molecule has 1 amide bonds. The summed E-state index contributed by atoms with van der Waals surface area (Å²) in [5, 5.41) is 8.43. The summed E-state index contributed by atoms with van der Waals surface area (Å²) in [6, 6.07) is 14.2. The van der Waals surface area contributed by atoms with E-state index in [1.54, 1.807) is 46.7 Å². The molecule has 0 aliphatic carbocycles. The summed E-state index contributed by atoms with van der Waals surface area (Å²) >= 11 is 0. The molecule has 9 heteroatoms. The fourth-order valence-corrected chi connectivity index (χ4v) is 5.20. The number of benzene rings is 1. The van der Waals surface area contributed by atoms with E-state index in [4.69, 9.17) is 9.97 Å². The maximum atomic E-state index is 14.6. The molecule has 1 saturated heterocycles. The zero-order valence-electron chi connectivity index (χ0n) is 20.4. The van der Waals surface area contributed by atoms with Crippen LogP contribution in [0.2, 0.25) is 0 Å². The SMILES string of the molecule is Cc1nc(N2CCC[C@H]2C)cc2c1CN(c1cccc(-c3nnc(C)n3-c3ccccc3F)n1)C2=O. The van der Waals surface area contributed by atoms with Gasteiger partial charge < -0.3 is 4.90 Å². The van der Waals surface area contributed by atoms with Gasteiger partial charge in [0, 0.05) is 23.8 Å². The number of amides is 1. The zero-order chi connectivity index (χ0) is 25.0. The molecule has 2 aliphatic heterocycles. The molecule has 8 nitrogen and oxygen atoms in total. The predicted molar refractivity (Wildman–Crippen MR) is 135 cm³/mol. The summed E-state index contributed by atoms with van der Waals surface area (Å²) in [7, 11) is 0. The summed E-state index contributed by atoms with van der Waals surface area (Å²) in [5.74, 6) is 1.84. The maximum Gasteiger partial charge on any atom is 0.260 e. The molecule has 1 fully saturated rings. The van der Waals surface area contributed by atoms with Gasteiger partial charge in [0.2, 0.25) is 0 Å². The van der Waals surface area contributed by atoms with Crippen LogP contribution in [0.1, 0.15) is 47.2 Å². The third-order valence-corrected chi connectivity index (χ3v) is 7.11. The van der Waals surface area contributed by atoms with E-state index in [0.717, 1.165) is 36.5 Å². The highest BCUT2D eigenvalue weighted by molar-refractivity contribution is 6.10. The van der Waals surface area contributed by atoms with Gasteiger partial charge in [-0.15, -0.1) is 10.2 Å². The molecule has 1 atom stereocenters. The predicted octanol–water partition coefficient (Wildman–Crippen LogP) is 4.63. The lowest BCUT2D eigenvalue weighted by molar-refractivity contribution is 0.0996. The van der Waals surface area contributed by atoms with E-state index in [9.17, 15) is 9.18 Å². The molecule has 3 aromatic heterocycles. The average molecular weight is 484 g/mol. The van der Waals surface area contributed by atoms with Crippen molar-refractivity contribution in [3.8, 4) is 17.2 Å². The van der Waals surface area contributed by atoms with E-state index in [-0.39, 0.29) is 11.7 Å². The molecule has 5 heterocycles. The Kier molecular flexibility index (Phi) is 5.28. The lowest BCUT2D eigenvalue weighted by Gasteiger charge is -2.23. The Morgan fingerprint density at radius 2 is 1.83 bits per heavy atom. The minimum absolute atomic E-state index is 0.0972. The van der Waals surface area contributed by atoms with Crippen LogP contribution in [-0.2, 0) is 6.54 Å². The number of pyridine rings is 2. The molecule has 182 valence electrons. The Hall–Kier alpha value is -4.14. The van der Waals surface area contributed by atoms with Gasteiger partial charge >= 0.3 is 0 Å². The van der Waals surface area contributed by atoms with E-state index in [0.29, 0.717) is 47.0 Å². The van der Waals surface area contributed by atoms with Crippen molar-refractivity contribution in [2.24, 2.45) is 0 Å². The molecule has 36 heavy (non-hydrogen) atoms. The van der Waals surface area contributed by atoms with Crippen LogP contribution >= 0.6 is 0 Å². The van der Waals surface area contributed by atoms with Crippen molar-refractivity contribution in [1.82, 2.24) is 24.7 Å². The smallest absolute Gasteiger partial charge is 0.260 e. The Morgan fingerprint density at radius 3 is 2.61 bits per heavy atom. The first kappa shape index (κ1) is 22.3. The lowest BCUT2D eigenvalue weighted by Crippen LogP contribution is -2.28. The quantitative estimate of drug-likeness (QED) is 0.421. The second-order valence-electron chi connectivity index (χ2n) is 9.41.